The average molecular weight is 446 g/mol. The fourth-order valence-electron chi connectivity index (χ4n) is 6.21. The van der Waals surface area contributed by atoms with E-state index < -0.39 is 0 Å². The maximum atomic E-state index is 8.50. The first-order valence-electron chi connectivity index (χ1n) is 14.1. The first-order chi connectivity index (χ1) is 16.3. The van der Waals surface area contributed by atoms with Crippen LogP contribution in [0.15, 0.2) is 48.6 Å². The van der Waals surface area contributed by atoms with E-state index in [1.165, 1.54) is 102 Å². The number of hydrogen-bond donors (Lipinski definition) is 0. The number of nitrogens with zero attached hydrogens (tertiary/aromatic N) is 1. The zero-order valence-electron chi connectivity index (χ0n) is 21.2. The van der Waals surface area contributed by atoms with Crippen molar-refractivity contribution in [1.82, 2.24) is 0 Å². The van der Waals surface area contributed by atoms with Crippen LogP contribution in [0.3, 0.4) is 0 Å². The van der Waals surface area contributed by atoms with Gasteiger partial charge in [-0.2, -0.15) is 5.26 Å². The highest BCUT2D eigenvalue weighted by atomic mass is 14.3. The van der Waals surface area contributed by atoms with Crippen molar-refractivity contribution >= 4 is 0 Å². The molecule has 0 aliphatic heterocycles. The number of hydrogen-bond acceptors (Lipinski definition) is 1. The molecule has 0 aromatic heterocycles. The summed E-state index contributed by atoms with van der Waals surface area (Å²) in [5.41, 5.74) is 3.13. The van der Waals surface area contributed by atoms with Gasteiger partial charge in [0.25, 0.3) is 0 Å². The first-order valence-corrected chi connectivity index (χ1v) is 14.1. The Labute approximate surface area is 204 Å². The van der Waals surface area contributed by atoms with E-state index in [0.29, 0.717) is 0 Å². The van der Waals surface area contributed by atoms with Gasteiger partial charge in [0.05, 0.1) is 6.07 Å². The fraction of sp³-hybridized carbons (Fsp3) is 0.656. The lowest BCUT2D eigenvalue weighted by Crippen LogP contribution is -2.17. The molecule has 33 heavy (non-hydrogen) atoms. The van der Waals surface area contributed by atoms with Crippen LogP contribution in [0, 0.1) is 29.1 Å². The number of rotatable bonds is 12. The number of benzene rings is 1. The fourth-order valence-corrected chi connectivity index (χ4v) is 6.21. The van der Waals surface area contributed by atoms with Crippen LogP contribution >= 0.6 is 0 Å². The summed E-state index contributed by atoms with van der Waals surface area (Å²) in [6.07, 6.45) is 29.8. The van der Waals surface area contributed by atoms with E-state index in [1.807, 2.05) is 18.2 Å². The van der Waals surface area contributed by atoms with Crippen LogP contribution in [0.1, 0.15) is 120 Å². The normalized spacial score (nSPS) is 26.1. The van der Waals surface area contributed by atoms with Gasteiger partial charge < -0.3 is 0 Å². The molecule has 0 amide bonds. The van der Waals surface area contributed by atoms with Crippen molar-refractivity contribution in [2.24, 2.45) is 17.8 Å². The van der Waals surface area contributed by atoms with Crippen LogP contribution in [-0.4, -0.2) is 0 Å². The van der Waals surface area contributed by atoms with Crippen LogP contribution in [0.25, 0.3) is 0 Å². The van der Waals surface area contributed by atoms with E-state index in [0.717, 1.165) is 30.1 Å². The Bertz CT molecular complexity index is 734. The molecular weight excluding hydrogens is 398 g/mol. The molecule has 0 radical (unpaired) electrons. The quantitative estimate of drug-likeness (QED) is 0.178. The summed E-state index contributed by atoms with van der Waals surface area (Å²) < 4.78 is 0. The molecule has 2 saturated carbocycles. The lowest BCUT2D eigenvalue weighted by molar-refractivity contribution is 0.225. The molecule has 0 spiro atoms. The summed E-state index contributed by atoms with van der Waals surface area (Å²) >= 11 is 0. The molecule has 2 aliphatic carbocycles. The van der Waals surface area contributed by atoms with E-state index in [1.54, 1.807) is 11.6 Å². The molecule has 2 aliphatic rings. The maximum absolute atomic E-state index is 8.50. The molecule has 3 rings (SSSR count). The van der Waals surface area contributed by atoms with Gasteiger partial charge in [-0.15, -0.1) is 0 Å². The van der Waals surface area contributed by atoms with Crippen molar-refractivity contribution in [3.8, 4) is 6.07 Å². The molecule has 1 heteroatoms. The molecule has 180 valence electrons. The van der Waals surface area contributed by atoms with Crippen LogP contribution in [0.5, 0.6) is 0 Å². The minimum Gasteiger partial charge on any atom is -0.193 e. The van der Waals surface area contributed by atoms with Crippen molar-refractivity contribution in [3.63, 3.8) is 0 Å². The van der Waals surface area contributed by atoms with E-state index >= 15 is 0 Å². The molecule has 1 aromatic carbocycles. The van der Waals surface area contributed by atoms with Gasteiger partial charge >= 0.3 is 0 Å². The van der Waals surface area contributed by atoms with Crippen molar-refractivity contribution in [2.45, 2.75) is 116 Å². The Kier molecular flexibility index (Phi) is 11.9. The second-order valence-electron chi connectivity index (χ2n) is 10.9. The molecule has 0 N–H and O–H groups in total. The Hall–Kier alpha value is -1.81. The first kappa shape index (κ1) is 25.8. The van der Waals surface area contributed by atoms with Gasteiger partial charge in [-0.05, 0) is 86.2 Å². The third-order valence-corrected chi connectivity index (χ3v) is 8.48. The smallest absolute Gasteiger partial charge is 0.0912 e. The highest BCUT2D eigenvalue weighted by molar-refractivity contribution is 5.26. The minimum atomic E-state index is 0.811. The minimum absolute atomic E-state index is 0.811. The van der Waals surface area contributed by atoms with Gasteiger partial charge in [0.1, 0.15) is 0 Å². The van der Waals surface area contributed by atoms with Crippen LogP contribution in [-0.2, 0) is 6.42 Å². The Balaban J connectivity index is 1.27. The van der Waals surface area contributed by atoms with Crippen molar-refractivity contribution < 1.29 is 0 Å². The summed E-state index contributed by atoms with van der Waals surface area (Å²) in [7, 11) is 0. The zero-order chi connectivity index (χ0) is 23.1. The molecule has 2 fully saturated rings. The number of nitriles is 1. The van der Waals surface area contributed by atoms with Gasteiger partial charge in [0.2, 0.25) is 0 Å². The second kappa shape index (κ2) is 15.2. The molecule has 1 nitrogen and oxygen atoms in total. The van der Waals surface area contributed by atoms with Gasteiger partial charge in [-0.25, -0.2) is 0 Å². The van der Waals surface area contributed by atoms with Crippen molar-refractivity contribution in [3.05, 3.63) is 59.7 Å². The standard InChI is InChI=1S/C32H47N/c1-2-3-7-10-28-18-22-31(23-19-28)32-24-20-30(21-25-32)17-16-29-14-12-27(13-15-29)11-8-5-4-6-9-26-33/h4-6,9,18-19,22-23,27,29-30,32H,2-3,7-8,10-17,20-21,24-25H2,1H3/b5-4+,9-6+. The van der Waals surface area contributed by atoms with Gasteiger partial charge in [-0.3, -0.25) is 0 Å². The molecule has 0 atom stereocenters. The number of aryl methyl sites for hydroxylation is 1. The van der Waals surface area contributed by atoms with Gasteiger partial charge in [0.15, 0.2) is 0 Å². The van der Waals surface area contributed by atoms with Crippen LogP contribution in [0.4, 0.5) is 0 Å². The Morgan fingerprint density at radius 2 is 1.39 bits per heavy atom. The maximum Gasteiger partial charge on any atom is 0.0912 e. The topological polar surface area (TPSA) is 23.8 Å². The molecule has 0 saturated heterocycles. The largest absolute Gasteiger partial charge is 0.193 e. The number of unbranched alkanes of at least 4 members (excludes halogenated alkanes) is 2. The summed E-state index contributed by atoms with van der Waals surface area (Å²) in [5, 5.41) is 8.50. The SMILES string of the molecule is CCCCCc1ccc(C2CCC(CCC3CCC(CC/C=C/C=C/C#N)CC3)CC2)cc1. The molecular formula is C32H47N. The molecule has 1 aromatic rings. The van der Waals surface area contributed by atoms with Gasteiger partial charge in [-0.1, -0.05) is 101 Å². The Morgan fingerprint density at radius 1 is 0.788 bits per heavy atom. The average Bonchev–Trinajstić information content (AvgIpc) is 2.86. The monoisotopic (exact) mass is 445 g/mol. The molecule has 0 bridgehead atoms. The third-order valence-electron chi connectivity index (χ3n) is 8.48. The summed E-state index contributed by atoms with van der Waals surface area (Å²) in [6.45, 7) is 2.28. The summed E-state index contributed by atoms with van der Waals surface area (Å²) in [4.78, 5) is 0. The predicted molar refractivity (Wildman–Crippen MR) is 142 cm³/mol. The Morgan fingerprint density at radius 3 is 2.00 bits per heavy atom. The van der Waals surface area contributed by atoms with E-state index in [-0.39, 0.29) is 0 Å². The van der Waals surface area contributed by atoms with Crippen molar-refractivity contribution in [2.75, 3.05) is 0 Å². The highest BCUT2D eigenvalue weighted by Gasteiger charge is 2.25. The van der Waals surface area contributed by atoms with Crippen LogP contribution < -0.4 is 0 Å². The van der Waals surface area contributed by atoms with E-state index in [9.17, 15) is 0 Å². The van der Waals surface area contributed by atoms with Gasteiger partial charge in [0, 0.05) is 6.08 Å². The lowest BCUT2D eigenvalue weighted by atomic mass is 9.74. The van der Waals surface area contributed by atoms with E-state index in [2.05, 4.69) is 37.3 Å². The van der Waals surface area contributed by atoms with E-state index in [4.69, 9.17) is 5.26 Å². The number of allylic oxidation sites excluding steroid dienone is 4. The summed E-state index contributed by atoms with van der Waals surface area (Å²) in [5.74, 6) is 3.72. The van der Waals surface area contributed by atoms with Crippen LogP contribution in [0.2, 0.25) is 0 Å². The summed E-state index contributed by atoms with van der Waals surface area (Å²) in [6, 6.07) is 11.7. The third kappa shape index (κ3) is 9.52. The zero-order valence-corrected chi connectivity index (χ0v) is 21.2. The highest BCUT2D eigenvalue weighted by Crippen LogP contribution is 2.40. The second-order valence-corrected chi connectivity index (χ2v) is 10.9. The lowest BCUT2D eigenvalue weighted by Gasteiger charge is -2.32. The molecule has 0 heterocycles. The molecule has 0 unspecified atom stereocenters. The predicted octanol–water partition coefficient (Wildman–Crippen LogP) is 9.70. The van der Waals surface area contributed by atoms with Crippen molar-refractivity contribution in [1.29, 1.82) is 5.26 Å².